The van der Waals surface area contributed by atoms with Crippen molar-refractivity contribution >= 4 is 29.3 Å². The van der Waals surface area contributed by atoms with E-state index in [2.05, 4.69) is 10.2 Å². The molecule has 8 nitrogen and oxygen atoms in total. The smallest absolute Gasteiger partial charge is 0.261 e. The summed E-state index contributed by atoms with van der Waals surface area (Å²) in [6.45, 7) is 3.77. The van der Waals surface area contributed by atoms with Crippen molar-refractivity contribution in [3.63, 3.8) is 0 Å². The van der Waals surface area contributed by atoms with Gasteiger partial charge in [0.1, 0.15) is 0 Å². The number of nitrogens with zero attached hydrogens (tertiary/aromatic N) is 2. The molecule has 1 aliphatic heterocycles. The Labute approximate surface area is 193 Å². The molecule has 1 aliphatic rings. The monoisotopic (exact) mass is 450 g/mol. The van der Waals surface area contributed by atoms with Crippen molar-refractivity contribution in [1.82, 2.24) is 10.2 Å². The summed E-state index contributed by atoms with van der Waals surface area (Å²) >= 11 is 0. The molecule has 33 heavy (non-hydrogen) atoms. The van der Waals surface area contributed by atoms with E-state index in [9.17, 15) is 19.2 Å². The van der Waals surface area contributed by atoms with Gasteiger partial charge in [0.25, 0.3) is 17.7 Å². The van der Waals surface area contributed by atoms with Crippen molar-refractivity contribution in [3.05, 3.63) is 64.7 Å². The maximum Gasteiger partial charge on any atom is 0.261 e. The first-order valence-electron chi connectivity index (χ1n) is 11.3. The maximum absolute atomic E-state index is 12.5. The Morgan fingerprint density at radius 3 is 2.15 bits per heavy atom. The van der Waals surface area contributed by atoms with E-state index in [4.69, 9.17) is 5.73 Å². The van der Waals surface area contributed by atoms with E-state index >= 15 is 0 Å². The molecule has 4 amide bonds. The van der Waals surface area contributed by atoms with Crippen LogP contribution in [0.25, 0.3) is 0 Å². The molecule has 0 aliphatic carbocycles. The Balaban J connectivity index is 1.53. The number of amides is 4. The quantitative estimate of drug-likeness (QED) is 0.404. The highest BCUT2D eigenvalue weighted by Gasteiger charge is 2.34. The summed E-state index contributed by atoms with van der Waals surface area (Å²) in [5, 5.41) is 2.59. The Hall–Kier alpha value is -3.68. The summed E-state index contributed by atoms with van der Waals surface area (Å²) in [6, 6.07) is 12.0. The normalized spacial score (nSPS) is 12.6. The molecule has 174 valence electrons. The van der Waals surface area contributed by atoms with Crippen LogP contribution in [0.2, 0.25) is 0 Å². The van der Waals surface area contributed by atoms with Gasteiger partial charge in [-0.3, -0.25) is 24.1 Å². The molecule has 8 heteroatoms. The number of hydrogen-bond donors (Lipinski definition) is 2. The molecule has 0 saturated heterocycles. The van der Waals surface area contributed by atoms with Gasteiger partial charge in [0.2, 0.25) is 5.91 Å². The molecule has 0 radical (unpaired) electrons. The first kappa shape index (κ1) is 24.0. The Kier molecular flexibility index (Phi) is 7.82. The molecular weight excluding hydrogens is 420 g/mol. The Morgan fingerprint density at radius 1 is 0.939 bits per heavy atom. The lowest BCUT2D eigenvalue weighted by atomic mass is 10.0. The largest absolute Gasteiger partial charge is 0.371 e. The van der Waals surface area contributed by atoms with Crippen LogP contribution in [-0.4, -0.2) is 55.2 Å². The Morgan fingerprint density at radius 2 is 1.58 bits per heavy atom. The minimum Gasteiger partial charge on any atom is -0.371 e. The molecule has 3 rings (SSSR count). The number of unbranched alkanes of at least 4 members (excludes halogenated alkanes) is 3. The SMILES string of the molecule is CCN(CCCCCCN1C(=O)c2ccccc2C1=O)c1cccc(C(N)=O)c1C(=O)NC. The Bertz CT molecular complexity index is 1030. The van der Waals surface area contributed by atoms with Gasteiger partial charge in [-0.05, 0) is 44.0 Å². The number of fused-ring (bicyclic) bond motifs is 1. The van der Waals surface area contributed by atoms with Gasteiger partial charge in [-0.25, -0.2) is 0 Å². The summed E-state index contributed by atoms with van der Waals surface area (Å²) in [5.41, 5.74) is 7.61. The molecule has 0 unspecified atom stereocenters. The lowest BCUT2D eigenvalue weighted by Crippen LogP contribution is -2.31. The number of primary amides is 1. The van der Waals surface area contributed by atoms with E-state index in [1.807, 2.05) is 13.0 Å². The van der Waals surface area contributed by atoms with Crippen LogP contribution in [0.3, 0.4) is 0 Å². The van der Waals surface area contributed by atoms with Crippen LogP contribution in [0.4, 0.5) is 5.69 Å². The molecule has 0 bridgehead atoms. The van der Waals surface area contributed by atoms with Gasteiger partial charge in [-0.1, -0.05) is 31.0 Å². The molecule has 3 N–H and O–H groups in total. The zero-order valence-corrected chi connectivity index (χ0v) is 19.1. The fourth-order valence-corrected chi connectivity index (χ4v) is 4.19. The van der Waals surface area contributed by atoms with E-state index in [1.165, 1.54) is 11.9 Å². The van der Waals surface area contributed by atoms with Crippen molar-refractivity contribution in [2.75, 3.05) is 31.6 Å². The van der Waals surface area contributed by atoms with Crippen LogP contribution in [0.1, 0.15) is 74.0 Å². The predicted octanol–water partition coefficient (Wildman–Crippen LogP) is 2.83. The number of nitrogens with one attached hydrogen (secondary N) is 1. The van der Waals surface area contributed by atoms with Crippen molar-refractivity contribution in [2.24, 2.45) is 5.73 Å². The van der Waals surface area contributed by atoms with Gasteiger partial charge in [-0.15, -0.1) is 0 Å². The second kappa shape index (κ2) is 10.8. The summed E-state index contributed by atoms with van der Waals surface area (Å²) in [6.07, 6.45) is 3.38. The second-order valence-electron chi connectivity index (χ2n) is 7.94. The van der Waals surface area contributed by atoms with Crippen LogP contribution in [-0.2, 0) is 0 Å². The molecular formula is C25H30N4O4. The van der Waals surface area contributed by atoms with E-state index in [0.717, 1.165) is 25.7 Å². The van der Waals surface area contributed by atoms with E-state index in [1.54, 1.807) is 36.4 Å². The second-order valence-corrected chi connectivity index (χ2v) is 7.94. The first-order chi connectivity index (χ1) is 15.9. The summed E-state index contributed by atoms with van der Waals surface area (Å²) in [5.74, 6) is -1.42. The number of carbonyl (C=O) groups excluding carboxylic acids is 4. The molecule has 2 aromatic carbocycles. The first-order valence-corrected chi connectivity index (χ1v) is 11.3. The van der Waals surface area contributed by atoms with Gasteiger partial charge in [0.05, 0.1) is 27.9 Å². The van der Waals surface area contributed by atoms with Crippen LogP contribution in [0.15, 0.2) is 42.5 Å². The summed E-state index contributed by atoms with van der Waals surface area (Å²) in [4.78, 5) is 52.5. The number of anilines is 1. The molecule has 0 saturated carbocycles. The third kappa shape index (κ3) is 5.05. The van der Waals surface area contributed by atoms with Gasteiger partial charge in [-0.2, -0.15) is 0 Å². The van der Waals surface area contributed by atoms with Crippen molar-refractivity contribution in [3.8, 4) is 0 Å². The van der Waals surface area contributed by atoms with Crippen LogP contribution < -0.4 is 16.0 Å². The van der Waals surface area contributed by atoms with E-state index in [0.29, 0.717) is 42.0 Å². The van der Waals surface area contributed by atoms with Gasteiger partial charge < -0.3 is 16.0 Å². The average Bonchev–Trinajstić information content (AvgIpc) is 3.07. The number of imide groups is 1. The van der Waals surface area contributed by atoms with Gasteiger partial charge in [0, 0.05) is 26.7 Å². The minimum atomic E-state index is -0.639. The number of hydrogen-bond acceptors (Lipinski definition) is 5. The minimum absolute atomic E-state index is 0.200. The highest BCUT2D eigenvalue weighted by molar-refractivity contribution is 6.21. The van der Waals surface area contributed by atoms with Crippen molar-refractivity contribution in [1.29, 1.82) is 0 Å². The third-order valence-electron chi connectivity index (χ3n) is 5.92. The van der Waals surface area contributed by atoms with Crippen molar-refractivity contribution < 1.29 is 19.2 Å². The van der Waals surface area contributed by atoms with Gasteiger partial charge >= 0.3 is 0 Å². The van der Waals surface area contributed by atoms with Crippen LogP contribution in [0, 0.1) is 0 Å². The molecule has 2 aromatic rings. The molecule has 1 heterocycles. The lowest BCUT2D eigenvalue weighted by molar-refractivity contribution is 0.0650. The van der Waals surface area contributed by atoms with Gasteiger partial charge in [0.15, 0.2) is 0 Å². The highest BCUT2D eigenvalue weighted by atomic mass is 16.2. The number of rotatable bonds is 11. The standard InChI is InChI=1S/C25H30N4O4/c1-3-28(20-14-10-13-19(22(26)30)21(20)23(31)27-2)15-8-4-5-9-16-29-24(32)17-11-6-7-12-18(17)25(29)33/h6-7,10-14H,3-5,8-9,15-16H2,1-2H3,(H2,26,30)(H,27,31). The summed E-state index contributed by atoms with van der Waals surface area (Å²) in [7, 11) is 1.52. The zero-order valence-electron chi connectivity index (χ0n) is 19.1. The molecule has 0 aromatic heterocycles. The third-order valence-corrected chi connectivity index (χ3v) is 5.92. The van der Waals surface area contributed by atoms with E-state index < -0.39 is 5.91 Å². The van der Waals surface area contributed by atoms with Crippen LogP contribution >= 0.6 is 0 Å². The average molecular weight is 451 g/mol. The molecule has 0 fully saturated rings. The van der Waals surface area contributed by atoms with Crippen LogP contribution in [0.5, 0.6) is 0 Å². The van der Waals surface area contributed by atoms with E-state index in [-0.39, 0.29) is 23.3 Å². The topological polar surface area (TPSA) is 113 Å². The zero-order chi connectivity index (χ0) is 24.0. The summed E-state index contributed by atoms with van der Waals surface area (Å²) < 4.78 is 0. The number of benzene rings is 2. The highest BCUT2D eigenvalue weighted by Crippen LogP contribution is 2.25. The fourth-order valence-electron chi connectivity index (χ4n) is 4.19. The molecule has 0 spiro atoms. The number of carbonyl (C=O) groups is 4. The lowest BCUT2D eigenvalue weighted by Gasteiger charge is -2.26. The number of nitrogens with two attached hydrogens (primary N) is 1. The van der Waals surface area contributed by atoms with Crippen molar-refractivity contribution in [2.45, 2.75) is 32.6 Å². The predicted molar refractivity (Wildman–Crippen MR) is 127 cm³/mol. The molecule has 0 atom stereocenters. The fraction of sp³-hybridized carbons (Fsp3) is 0.360. The maximum atomic E-state index is 12.5.